The normalized spacial score (nSPS) is 27.4. The van der Waals surface area contributed by atoms with Gasteiger partial charge in [0, 0.05) is 23.6 Å². The van der Waals surface area contributed by atoms with Gasteiger partial charge in [0.15, 0.2) is 9.84 Å². The molecule has 1 amide bonds. The predicted octanol–water partition coefficient (Wildman–Crippen LogP) is 5.76. The number of amides is 1. The monoisotopic (exact) mass is 673 g/mol. The van der Waals surface area contributed by atoms with Crippen molar-refractivity contribution in [3.8, 4) is 5.75 Å². The third-order valence-electron chi connectivity index (χ3n) is 9.05. The Bertz CT molecular complexity index is 1600. The molecule has 1 aliphatic carbocycles. The number of alkyl halides is 8. The summed E-state index contributed by atoms with van der Waals surface area (Å²) >= 11 is 0. The number of hydrogen-bond acceptors (Lipinski definition) is 5. The summed E-state index contributed by atoms with van der Waals surface area (Å²) in [4.78, 5) is 25.6. The van der Waals surface area contributed by atoms with Crippen LogP contribution in [0.4, 0.5) is 39.5 Å². The number of carboxylic acid groups (broad SMARTS) is 1. The first-order chi connectivity index (χ1) is 20.7. The van der Waals surface area contributed by atoms with E-state index in [0.717, 1.165) is 29.2 Å². The maximum absolute atomic E-state index is 14.9. The number of fused-ring (bicyclic) bond motifs is 3. The molecule has 0 aromatic heterocycles. The van der Waals surface area contributed by atoms with Crippen molar-refractivity contribution in [3.05, 3.63) is 59.4 Å². The van der Waals surface area contributed by atoms with Crippen LogP contribution in [0.25, 0.3) is 0 Å². The highest BCUT2D eigenvalue weighted by atomic mass is 32.2. The molecular weight excluding hydrogens is 649 g/mol. The molecule has 1 saturated heterocycles. The lowest BCUT2D eigenvalue weighted by Gasteiger charge is -2.43. The molecular formula is C28H24F9NO6S. The largest absolute Gasteiger partial charge is 0.491 e. The van der Waals surface area contributed by atoms with Crippen LogP contribution >= 0.6 is 0 Å². The number of sulfone groups is 1. The minimum atomic E-state index is -6.46. The lowest BCUT2D eigenvalue weighted by molar-refractivity contribution is -0.348. The van der Waals surface area contributed by atoms with E-state index in [0.29, 0.717) is 6.07 Å². The van der Waals surface area contributed by atoms with Gasteiger partial charge in [-0.2, -0.15) is 26.3 Å². The minimum Gasteiger partial charge on any atom is -0.491 e. The number of aliphatic carboxylic acids is 1. The standard InChI is InChI=1S/C28H24F9NO6S/c29-17-2-4-18(5-3-17)45(42,43)25-11-12-38(22(39)15-7-9-24(30,10-8-15)23(40)41)21(25)14-44-20-13-16(1-6-19(20)25)26(31,27(32,33)34)28(35,36)37/h1-6,13,15,21H,7-12,14H2,(H,40,41). The van der Waals surface area contributed by atoms with Gasteiger partial charge < -0.3 is 14.7 Å². The molecule has 2 aromatic carbocycles. The zero-order chi connectivity index (χ0) is 33.4. The third-order valence-corrected chi connectivity index (χ3v) is 11.6. The summed E-state index contributed by atoms with van der Waals surface area (Å²) in [5.74, 6) is -4.90. The SMILES string of the molecule is O=C(C1CCC(F)(C(=O)O)CC1)N1CCC2(S(=O)(=O)c3ccc(F)cc3)c3ccc(C(F)(C(F)(F)F)C(F)(F)F)cc3OCC12. The molecule has 0 spiro atoms. The van der Waals surface area contributed by atoms with Crippen molar-refractivity contribution in [2.45, 2.75) is 71.5 Å². The van der Waals surface area contributed by atoms with E-state index < -0.39 is 116 Å². The number of carbonyl (C=O) groups is 2. The van der Waals surface area contributed by atoms with Gasteiger partial charge in [-0.3, -0.25) is 4.79 Å². The van der Waals surface area contributed by atoms with Crippen LogP contribution in [0.15, 0.2) is 47.4 Å². The molecule has 3 aliphatic rings. The second-order valence-electron chi connectivity index (χ2n) is 11.4. The number of carbonyl (C=O) groups excluding carboxylic acids is 1. The van der Waals surface area contributed by atoms with E-state index in [1.807, 2.05) is 0 Å². The van der Waals surface area contributed by atoms with Gasteiger partial charge in [-0.15, -0.1) is 0 Å². The Labute approximate surface area is 249 Å². The topological polar surface area (TPSA) is 101 Å². The average molecular weight is 674 g/mol. The second-order valence-corrected chi connectivity index (χ2v) is 13.6. The van der Waals surface area contributed by atoms with Crippen molar-refractivity contribution >= 4 is 21.7 Å². The van der Waals surface area contributed by atoms with Crippen LogP contribution in [-0.2, 0) is 29.8 Å². The zero-order valence-corrected chi connectivity index (χ0v) is 23.7. The predicted molar refractivity (Wildman–Crippen MR) is 136 cm³/mol. The number of hydrogen-bond donors (Lipinski definition) is 1. The van der Waals surface area contributed by atoms with Crippen LogP contribution in [-0.4, -0.2) is 67.5 Å². The summed E-state index contributed by atoms with van der Waals surface area (Å²) in [6, 6.07) is 2.89. The van der Waals surface area contributed by atoms with Gasteiger partial charge in [-0.1, -0.05) is 12.1 Å². The summed E-state index contributed by atoms with van der Waals surface area (Å²) in [6.45, 7) is -1.06. The number of halogens is 9. The summed E-state index contributed by atoms with van der Waals surface area (Å²) in [6.07, 6.45) is -14.7. The molecule has 2 aliphatic heterocycles. The van der Waals surface area contributed by atoms with Gasteiger partial charge >= 0.3 is 24.0 Å². The molecule has 246 valence electrons. The van der Waals surface area contributed by atoms with Gasteiger partial charge in [0.25, 0.3) is 0 Å². The minimum absolute atomic E-state index is 0.132. The molecule has 45 heavy (non-hydrogen) atoms. The van der Waals surface area contributed by atoms with Crippen molar-refractivity contribution in [2.24, 2.45) is 5.92 Å². The van der Waals surface area contributed by atoms with Gasteiger partial charge in [-0.05, 0) is 62.4 Å². The van der Waals surface area contributed by atoms with Crippen molar-refractivity contribution < 1.29 is 67.4 Å². The van der Waals surface area contributed by atoms with E-state index >= 15 is 0 Å². The van der Waals surface area contributed by atoms with Crippen LogP contribution in [0.1, 0.15) is 43.2 Å². The number of nitrogens with zero attached hydrogens (tertiary/aromatic N) is 1. The molecule has 0 bridgehead atoms. The van der Waals surface area contributed by atoms with Gasteiger partial charge in [0.1, 0.15) is 22.9 Å². The van der Waals surface area contributed by atoms with Crippen molar-refractivity contribution in [3.63, 3.8) is 0 Å². The van der Waals surface area contributed by atoms with Crippen molar-refractivity contribution in [1.82, 2.24) is 4.90 Å². The lowest BCUT2D eigenvalue weighted by Crippen LogP contribution is -2.56. The van der Waals surface area contributed by atoms with E-state index in [1.54, 1.807) is 0 Å². The maximum atomic E-state index is 14.9. The highest BCUT2D eigenvalue weighted by molar-refractivity contribution is 7.92. The Morgan fingerprint density at radius 3 is 2.02 bits per heavy atom. The average Bonchev–Trinajstić information content (AvgIpc) is 3.37. The first kappa shape index (κ1) is 32.9. The Morgan fingerprint density at radius 1 is 0.911 bits per heavy atom. The van der Waals surface area contributed by atoms with E-state index in [4.69, 9.17) is 9.84 Å². The Balaban J connectivity index is 1.62. The molecule has 2 atom stereocenters. The van der Waals surface area contributed by atoms with Crippen LogP contribution in [0.5, 0.6) is 5.75 Å². The van der Waals surface area contributed by atoms with Crippen LogP contribution in [0, 0.1) is 11.7 Å². The molecule has 1 saturated carbocycles. The van der Waals surface area contributed by atoms with Crippen LogP contribution < -0.4 is 4.74 Å². The van der Waals surface area contributed by atoms with Gasteiger partial charge in [0.2, 0.25) is 11.6 Å². The molecule has 17 heteroatoms. The number of ether oxygens (including phenoxy) is 1. The Hall–Kier alpha value is -3.50. The molecule has 7 nitrogen and oxygen atoms in total. The van der Waals surface area contributed by atoms with Gasteiger partial charge in [0.05, 0.1) is 10.9 Å². The number of rotatable bonds is 5. The fourth-order valence-corrected chi connectivity index (χ4v) is 8.87. The maximum Gasteiger partial charge on any atom is 0.435 e. The molecule has 2 heterocycles. The summed E-state index contributed by atoms with van der Waals surface area (Å²) < 4.78 is 156. The fourth-order valence-electron chi connectivity index (χ4n) is 6.58. The van der Waals surface area contributed by atoms with E-state index in [9.17, 15) is 57.5 Å². The van der Waals surface area contributed by atoms with Crippen LogP contribution in [0.2, 0.25) is 0 Å². The highest BCUT2D eigenvalue weighted by Gasteiger charge is 2.74. The zero-order valence-electron chi connectivity index (χ0n) is 22.9. The van der Waals surface area contributed by atoms with E-state index in [1.165, 1.54) is 0 Å². The Kier molecular flexibility index (Phi) is 7.69. The van der Waals surface area contributed by atoms with Crippen LogP contribution in [0.3, 0.4) is 0 Å². The first-order valence-corrected chi connectivity index (χ1v) is 15.0. The van der Waals surface area contributed by atoms with Gasteiger partial charge in [-0.25, -0.2) is 26.4 Å². The summed E-state index contributed by atoms with van der Waals surface area (Å²) in [5.41, 5.74) is -10.7. The first-order valence-electron chi connectivity index (χ1n) is 13.5. The fraction of sp³-hybridized carbons (Fsp3) is 0.500. The van der Waals surface area contributed by atoms with Crippen molar-refractivity contribution in [2.75, 3.05) is 13.2 Å². The molecule has 5 rings (SSSR count). The number of benzene rings is 2. The Morgan fingerprint density at radius 2 is 1.49 bits per heavy atom. The summed E-state index contributed by atoms with van der Waals surface area (Å²) in [7, 11) is -4.74. The lowest BCUT2D eigenvalue weighted by atomic mass is 9.79. The number of carboxylic acids is 1. The summed E-state index contributed by atoms with van der Waals surface area (Å²) in [5, 5.41) is 9.16. The highest BCUT2D eigenvalue weighted by Crippen LogP contribution is 2.57. The van der Waals surface area contributed by atoms with Crippen molar-refractivity contribution in [1.29, 1.82) is 0 Å². The second kappa shape index (κ2) is 10.5. The molecule has 0 radical (unpaired) electrons. The molecule has 2 fully saturated rings. The smallest absolute Gasteiger partial charge is 0.435 e. The quantitative estimate of drug-likeness (QED) is 0.320. The third kappa shape index (κ3) is 4.83. The van der Waals surface area contributed by atoms with E-state index in [-0.39, 0.29) is 31.5 Å². The van der Waals surface area contributed by atoms with E-state index in [2.05, 4.69) is 0 Å². The molecule has 2 aromatic rings. The number of likely N-dealkylation sites (tertiary alicyclic amines) is 1. The molecule has 2 unspecified atom stereocenters. The molecule has 1 N–H and O–H groups in total.